The van der Waals surface area contributed by atoms with Crippen molar-refractivity contribution in [3.63, 3.8) is 0 Å². The van der Waals surface area contributed by atoms with Crippen molar-refractivity contribution >= 4 is 21.9 Å². The van der Waals surface area contributed by atoms with Gasteiger partial charge in [-0.05, 0) is 29.8 Å². The van der Waals surface area contributed by atoms with Crippen molar-refractivity contribution in [2.24, 2.45) is 0 Å². The van der Waals surface area contributed by atoms with E-state index in [-0.39, 0.29) is 5.97 Å². The Morgan fingerprint density at radius 3 is 2.80 bits per heavy atom. The highest BCUT2D eigenvalue weighted by Gasteiger charge is 2.08. The molecule has 1 heterocycles. The lowest BCUT2D eigenvalue weighted by Crippen LogP contribution is -2.14. The molecule has 0 aliphatic heterocycles. The summed E-state index contributed by atoms with van der Waals surface area (Å²) in [4.78, 5) is 15.7. The van der Waals surface area contributed by atoms with E-state index in [1.54, 1.807) is 18.3 Å². The minimum atomic E-state index is -0.335. The highest BCUT2D eigenvalue weighted by atomic mass is 79.9. The van der Waals surface area contributed by atoms with Gasteiger partial charge in [0.2, 0.25) is 0 Å². The summed E-state index contributed by atoms with van der Waals surface area (Å²) in [5.74, 6) is -0.335. The number of rotatable bonds is 5. The number of carbonyl (C=O) groups excluding carboxylic acids is 1. The Hall–Kier alpha value is -1.72. The van der Waals surface area contributed by atoms with Crippen molar-refractivity contribution in [1.29, 1.82) is 0 Å². The molecule has 0 aliphatic carbocycles. The number of ether oxygens (including phenoxy) is 1. The van der Waals surface area contributed by atoms with E-state index in [1.807, 2.05) is 24.3 Å². The average molecular weight is 335 g/mol. The van der Waals surface area contributed by atoms with Crippen molar-refractivity contribution in [3.05, 3.63) is 63.9 Å². The number of halogens is 1. The van der Waals surface area contributed by atoms with Gasteiger partial charge in [-0.1, -0.05) is 28.1 Å². The fourth-order valence-electron chi connectivity index (χ4n) is 1.76. The number of benzene rings is 1. The summed E-state index contributed by atoms with van der Waals surface area (Å²) in [5.41, 5.74) is 2.61. The smallest absolute Gasteiger partial charge is 0.337 e. The van der Waals surface area contributed by atoms with Gasteiger partial charge in [-0.15, -0.1) is 0 Å². The lowest BCUT2D eigenvalue weighted by Gasteiger charge is -2.08. The van der Waals surface area contributed by atoms with Crippen LogP contribution in [0.1, 0.15) is 21.6 Å². The number of esters is 1. The molecule has 20 heavy (non-hydrogen) atoms. The summed E-state index contributed by atoms with van der Waals surface area (Å²) in [6.07, 6.45) is 1.78. The van der Waals surface area contributed by atoms with E-state index in [4.69, 9.17) is 0 Å². The van der Waals surface area contributed by atoms with Gasteiger partial charge in [0.1, 0.15) is 0 Å². The zero-order valence-corrected chi connectivity index (χ0v) is 12.7. The van der Waals surface area contributed by atoms with Gasteiger partial charge in [-0.2, -0.15) is 0 Å². The maximum Gasteiger partial charge on any atom is 0.337 e. The zero-order valence-electron chi connectivity index (χ0n) is 11.1. The highest BCUT2D eigenvalue weighted by molar-refractivity contribution is 9.10. The van der Waals surface area contributed by atoms with Gasteiger partial charge < -0.3 is 10.1 Å². The molecule has 0 saturated carbocycles. The maximum atomic E-state index is 11.4. The van der Waals surface area contributed by atoms with Crippen molar-refractivity contribution in [3.8, 4) is 0 Å². The molecule has 0 amide bonds. The number of nitrogens with one attached hydrogen (secondary N) is 1. The van der Waals surface area contributed by atoms with Crippen LogP contribution in [0.15, 0.2) is 47.1 Å². The summed E-state index contributed by atoms with van der Waals surface area (Å²) >= 11 is 3.47. The number of hydrogen-bond donors (Lipinski definition) is 1. The fourth-order valence-corrected chi connectivity index (χ4v) is 2.28. The second-order valence-electron chi connectivity index (χ2n) is 4.22. The number of nitrogens with zero attached hydrogens (tertiary/aromatic N) is 1. The normalized spacial score (nSPS) is 10.3. The van der Waals surface area contributed by atoms with Crippen LogP contribution >= 0.6 is 15.9 Å². The summed E-state index contributed by atoms with van der Waals surface area (Å²) in [7, 11) is 1.37. The molecular formula is C15H15BrN2O2. The van der Waals surface area contributed by atoms with E-state index in [9.17, 15) is 4.79 Å². The second-order valence-corrected chi connectivity index (χ2v) is 5.08. The van der Waals surface area contributed by atoms with Gasteiger partial charge in [-0.25, -0.2) is 4.79 Å². The molecule has 0 radical (unpaired) electrons. The van der Waals surface area contributed by atoms with Gasteiger partial charge >= 0.3 is 5.97 Å². The Morgan fingerprint density at radius 2 is 2.15 bits per heavy atom. The Kier molecular flexibility index (Phi) is 5.26. The number of hydrogen-bond acceptors (Lipinski definition) is 4. The first-order valence-corrected chi connectivity index (χ1v) is 6.97. The minimum absolute atomic E-state index is 0.335. The number of aromatic nitrogens is 1. The summed E-state index contributed by atoms with van der Waals surface area (Å²) in [6.45, 7) is 1.39. The van der Waals surface area contributed by atoms with Gasteiger partial charge in [0.15, 0.2) is 0 Å². The largest absolute Gasteiger partial charge is 0.465 e. The molecule has 0 saturated heterocycles. The van der Waals surface area contributed by atoms with Crippen LogP contribution in [0, 0.1) is 0 Å². The van der Waals surface area contributed by atoms with E-state index in [2.05, 4.69) is 31.0 Å². The number of pyridine rings is 1. The quantitative estimate of drug-likeness (QED) is 0.854. The van der Waals surface area contributed by atoms with Crippen molar-refractivity contribution in [2.45, 2.75) is 13.1 Å². The van der Waals surface area contributed by atoms with Gasteiger partial charge in [-0.3, -0.25) is 4.98 Å². The Balaban J connectivity index is 1.95. The van der Waals surface area contributed by atoms with E-state index in [0.717, 1.165) is 15.7 Å². The molecule has 5 heteroatoms. The molecule has 0 unspecified atom stereocenters. The van der Waals surface area contributed by atoms with Crippen LogP contribution in [0.3, 0.4) is 0 Å². The molecule has 2 aromatic rings. The second kappa shape index (κ2) is 7.17. The third-order valence-electron chi connectivity index (χ3n) is 2.82. The fraction of sp³-hybridized carbons (Fsp3) is 0.200. The van der Waals surface area contributed by atoms with Crippen LogP contribution in [0.25, 0.3) is 0 Å². The average Bonchev–Trinajstić information content (AvgIpc) is 2.49. The first-order valence-electron chi connectivity index (χ1n) is 6.18. The molecule has 0 spiro atoms. The monoisotopic (exact) mass is 334 g/mol. The van der Waals surface area contributed by atoms with Crippen LogP contribution in [-0.4, -0.2) is 18.1 Å². The van der Waals surface area contributed by atoms with Gasteiger partial charge in [0, 0.05) is 23.8 Å². The van der Waals surface area contributed by atoms with E-state index in [1.165, 1.54) is 7.11 Å². The topological polar surface area (TPSA) is 51.2 Å². The summed E-state index contributed by atoms with van der Waals surface area (Å²) < 4.78 is 5.57. The van der Waals surface area contributed by atoms with Crippen molar-refractivity contribution < 1.29 is 9.53 Å². The maximum absolute atomic E-state index is 11.4. The van der Waals surface area contributed by atoms with E-state index >= 15 is 0 Å². The molecule has 1 N–H and O–H groups in total. The van der Waals surface area contributed by atoms with Crippen LogP contribution in [0.4, 0.5) is 0 Å². The Labute approximate surface area is 126 Å². The summed E-state index contributed by atoms with van der Waals surface area (Å²) in [5, 5.41) is 3.31. The third kappa shape index (κ3) is 3.88. The molecule has 2 rings (SSSR count). The lowest BCUT2D eigenvalue weighted by atomic mass is 10.1. The Bertz CT molecular complexity index is 588. The number of methoxy groups -OCH3 is 1. The first kappa shape index (κ1) is 14.7. The molecule has 0 atom stereocenters. The first-order chi connectivity index (χ1) is 9.70. The summed E-state index contributed by atoms with van der Waals surface area (Å²) in [6, 6.07) is 11.3. The molecular weight excluding hydrogens is 320 g/mol. The van der Waals surface area contributed by atoms with Crippen LogP contribution in [0.2, 0.25) is 0 Å². The highest BCUT2D eigenvalue weighted by Crippen LogP contribution is 2.19. The molecule has 1 aromatic heterocycles. The van der Waals surface area contributed by atoms with Crippen molar-refractivity contribution in [1.82, 2.24) is 10.3 Å². The van der Waals surface area contributed by atoms with Crippen molar-refractivity contribution in [2.75, 3.05) is 7.11 Å². The Morgan fingerprint density at radius 1 is 1.30 bits per heavy atom. The molecule has 4 nitrogen and oxygen atoms in total. The van der Waals surface area contributed by atoms with Crippen LogP contribution in [0.5, 0.6) is 0 Å². The van der Waals surface area contributed by atoms with Crippen LogP contribution in [-0.2, 0) is 17.8 Å². The van der Waals surface area contributed by atoms with Gasteiger partial charge in [0.05, 0.1) is 18.4 Å². The lowest BCUT2D eigenvalue weighted by molar-refractivity contribution is 0.0600. The third-order valence-corrected chi connectivity index (χ3v) is 3.56. The van der Waals surface area contributed by atoms with Crippen LogP contribution < -0.4 is 5.32 Å². The predicted octanol–water partition coefficient (Wildman–Crippen LogP) is 2.92. The number of carbonyl (C=O) groups is 1. The van der Waals surface area contributed by atoms with E-state index < -0.39 is 0 Å². The van der Waals surface area contributed by atoms with Gasteiger partial charge in [0.25, 0.3) is 0 Å². The zero-order chi connectivity index (χ0) is 14.4. The minimum Gasteiger partial charge on any atom is -0.465 e. The van der Waals surface area contributed by atoms with E-state index in [0.29, 0.717) is 18.7 Å². The molecule has 0 fully saturated rings. The molecule has 104 valence electrons. The molecule has 1 aromatic carbocycles. The molecule has 0 aliphatic rings. The SMILES string of the molecule is COC(=O)c1ccc(CNCc2ccccn2)c(Br)c1. The predicted molar refractivity (Wildman–Crippen MR) is 80.3 cm³/mol. The molecule has 0 bridgehead atoms. The standard InChI is InChI=1S/C15H15BrN2O2/c1-20-15(19)11-5-6-12(14(16)8-11)9-17-10-13-4-2-3-7-18-13/h2-8,17H,9-10H2,1H3.